The molecule has 0 radical (unpaired) electrons. The van der Waals surface area contributed by atoms with E-state index in [1.54, 1.807) is 6.92 Å². The van der Waals surface area contributed by atoms with E-state index < -0.39 is 17.5 Å². The van der Waals surface area contributed by atoms with Gasteiger partial charge in [0.05, 0.1) is 6.61 Å². The van der Waals surface area contributed by atoms with Crippen molar-refractivity contribution in [3.63, 3.8) is 0 Å². The van der Waals surface area contributed by atoms with Gasteiger partial charge in [0, 0.05) is 0 Å². The Morgan fingerprint density at radius 3 is 2.12 bits per heavy atom. The molecule has 0 aliphatic carbocycles. The van der Waals surface area contributed by atoms with Crippen molar-refractivity contribution < 1.29 is 24.9 Å². The Kier molecular flexibility index (Phi) is 9.05. The van der Waals surface area contributed by atoms with E-state index in [4.69, 9.17) is 4.74 Å². The highest BCUT2D eigenvalue weighted by Gasteiger charge is 2.23. The van der Waals surface area contributed by atoms with E-state index in [9.17, 15) is 20.1 Å². The third-order valence-electron chi connectivity index (χ3n) is 4.11. The predicted octanol–water partition coefficient (Wildman–Crippen LogP) is 4.88. The monoisotopic (exact) mass is 338 g/mol. The van der Waals surface area contributed by atoms with E-state index in [0.29, 0.717) is 18.6 Å². The van der Waals surface area contributed by atoms with Gasteiger partial charge in [-0.3, -0.25) is 0 Å². The fraction of sp³-hybridized carbons (Fsp3) is 0.632. The third kappa shape index (κ3) is 5.95. The Hall–Kier alpha value is -1.91. The lowest BCUT2D eigenvalue weighted by atomic mass is 10.00. The zero-order valence-electron chi connectivity index (χ0n) is 14.8. The van der Waals surface area contributed by atoms with Crippen LogP contribution in [0.5, 0.6) is 17.2 Å². The number of hydrogen-bond donors (Lipinski definition) is 3. The van der Waals surface area contributed by atoms with Crippen molar-refractivity contribution in [3.8, 4) is 17.2 Å². The molecule has 0 amide bonds. The van der Waals surface area contributed by atoms with Crippen LogP contribution in [0.4, 0.5) is 0 Å². The molecule has 1 rings (SSSR count). The topological polar surface area (TPSA) is 87.0 Å². The van der Waals surface area contributed by atoms with Crippen molar-refractivity contribution in [2.75, 3.05) is 6.61 Å². The highest BCUT2D eigenvalue weighted by atomic mass is 16.5. The van der Waals surface area contributed by atoms with Crippen LogP contribution in [0.15, 0.2) is 6.07 Å². The number of carboxylic acid groups (broad SMARTS) is 1. The first-order valence-electron chi connectivity index (χ1n) is 8.96. The fourth-order valence-electron chi connectivity index (χ4n) is 2.84. The average Bonchev–Trinajstić information content (AvgIpc) is 2.54. The molecule has 136 valence electrons. The smallest absolute Gasteiger partial charge is 0.343 e. The van der Waals surface area contributed by atoms with E-state index in [1.807, 2.05) is 0 Å². The summed E-state index contributed by atoms with van der Waals surface area (Å²) in [6, 6.07) is 1.41. The molecule has 0 heterocycles. The van der Waals surface area contributed by atoms with Crippen LogP contribution >= 0.6 is 0 Å². The van der Waals surface area contributed by atoms with Gasteiger partial charge >= 0.3 is 5.97 Å². The first kappa shape index (κ1) is 20.1. The number of unbranched alkanes of at least 4 members (excludes halogenated alkanes) is 7. The number of benzene rings is 1. The minimum absolute atomic E-state index is 0.170. The molecule has 0 fully saturated rings. The molecule has 0 aliphatic rings. The molecule has 1 aromatic rings. The van der Waals surface area contributed by atoms with Crippen LogP contribution in [0.2, 0.25) is 0 Å². The zero-order valence-corrected chi connectivity index (χ0v) is 14.8. The Morgan fingerprint density at radius 2 is 1.58 bits per heavy atom. The second-order valence-electron chi connectivity index (χ2n) is 6.07. The number of carbonyl (C=O) groups is 1. The lowest BCUT2D eigenvalue weighted by Gasteiger charge is -2.15. The van der Waals surface area contributed by atoms with Gasteiger partial charge in [-0.1, -0.05) is 51.9 Å². The summed E-state index contributed by atoms with van der Waals surface area (Å²) in [6.07, 6.45) is 10.1. The largest absolute Gasteiger partial charge is 0.504 e. The van der Waals surface area contributed by atoms with Gasteiger partial charge in [-0.05, 0) is 31.4 Å². The lowest BCUT2D eigenvalue weighted by Crippen LogP contribution is -2.07. The van der Waals surface area contributed by atoms with Crippen LogP contribution in [0.1, 0.15) is 81.1 Å². The minimum atomic E-state index is -1.30. The minimum Gasteiger partial charge on any atom is -0.504 e. The van der Waals surface area contributed by atoms with Gasteiger partial charge in [0.2, 0.25) is 0 Å². The molecule has 3 N–H and O–H groups in total. The van der Waals surface area contributed by atoms with Gasteiger partial charge in [0.25, 0.3) is 0 Å². The summed E-state index contributed by atoms with van der Waals surface area (Å²) in [5, 5.41) is 28.9. The molecule has 0 spiro atoms. The number of aryl methyl sites for hydroxylation is 1. The number of ether oxygens (including phenoxy) is 1. The highest BCUT2D eigenvalue weighted by molar-refractivity contribution is 5.95. The summed E-state index contributed by atoms with van der Waals surface area (Å²) in [5.74, 6) is -2.18. The fourth-order valence-corrected chi connectivity index (χ4v) is 2.84. The molecular weight excluding hydrogens is 308 g/mol. The molecule has 24 heavy (non-hydrogen) atoms. The number of phenols is 2. The van der Waals surface area contributed by atoms with Gasteiger partial charge in [0.15, 0.2) is 11.5 Å². The van der Waals surface area contributed by atoms with Crippen molar-refractivity contribution in [1.82, 2.24) is 0 Å². The van der Waals surface area contributed by atoms with Crippen LogP contribution in [-0.4, -0.2) is 27.9 Å². The van der Waals surface area contributed by atoms with Crippen LogP contribution < -0.4 is 4.74 Å². The highest BCUT2D eigenvalue weighted by Crippen LogP contribution is 2.39. The third-order valence-corrected chi connectivity index (χ3v) is 4.11. The molecule has 0 atom stereocenters. The molecule has 1 aromatic carbocycles. The van der Waals surface area contributed by atoms with Crippen LogP contribution in [0.3, 0.4) is 0 Å². The Labute approximate surface area is 144 Å². The molecule has 0 saturated carbocycles. The molecule has 0 unspecified atom stereocenters. The van der Waals surface area contributed by atoms with Crippen LogP contribution in [-0.2, 0) is 6.42 Å². The summed E-state index contributed by atoms with van der Waals surface area (Å²) in [4.78, 5) is 11.4. The molecule has 5 heteroatoms. The Balaban J connectivity index is 2.65. The normalized spacial score (nSPS) is 10.8. The number of rotatable bonds is 12. The summed E-state index contributed by atoms with van der Waals surface area (Å²) in [6.45, 7) is 4.26. The van der Waals surface area contributed by atoms with Crippen molar-refractivity contribution in [2.24, 2.45) is 0 Å². The first-order valence-corrected chi connectivity index (χ1v) is 8.96. The van der Waals surface area contributed by atoms with Gasteiger partial charge < -0.3 is 20.1 Å². The quantitative estimate of drug-likeness (QED) is 0.373. The maximum Gasteiger partial charge on any atom is 0.343 e. The van der Waals surface area contributed by atoms with E-state index >= 15 is 0 Å². The number of aromatic carboxylic acids is 1. The summed E-state index contributed by atoms with van der Waals surface area (Å²) >= 11 is 0. The maximum atomic E-state index is 11.4. The summed E-state index contributed by atoms with van der Waals surface area (Å²) < 4.78 is 5.44. The maximum absolute atomic E-state index is 11.4. The zero-order chi connectivity index (χ0) is 17.9. The lowest BCUT2D eigenvalue weighted by molar-refractivity contribution is 0.0688. The van der Waals surface area contributed by atoms with Crippen LogP contribution in [0.25, 0.3) is 0 Å². The molecule has 0 bridgehead atoms. The standard InChI is InChI=1S/C19H30O5/c1-3-5-6-7-8-9-10-11-12-14-13-15(20)17(21)16(19(22)23)18(14)24-4-2/h13,20-21H,3-12H2,1-2H3,(H,22,23). The van der Waals surface area contributed by atoms with Crippen molar-refractivity contribution in [3.05, 3.63) is 17.2 Å². The predicted molar refractivity (Wildman–Crippen MR) is 94.2 cm³/mol. The van der Waals surface area contributed by atoms with Gasteiger partial charge in [-0.15, -0.1) is 0 Å². The van der Waals surface area contributed by atoms with E-state index in [0.717, 1.165) is 19.3 Å². The SMILES string of the molecule is CCCCCCCCCCc1cc(O)c(O)c(C(=O)O)c1OCC. The number of phenolic OH excluding ortho intramolecular Hbond substituents is 1. The van der Waals surface area contributed by atoms with Gasteiger partial charge in [-0.25, -0.2) is 4.79 Å². The molecule has 0 aliphatic heterocycles. The second kappa shape index (κ2) is 10.8. The van der Waals surface area contributed by atoms with E-state index in [1.165, 1.54) is 38.2 Å². The van der Waals surface area contributed by atoms with E-state index in [-0.39, 0.29) is 11.3 Å². The number of carboxylic acids is 1. The Bertz CT molecular complexity index is 525. The molecular formula is C19H30O5. The second-order valence-corrected chi connectivity index (χ2v) is 6.07. The van der Waals surface area contributed by atoms with Crippen molar-refractivity contribution in [2.45, 2.75) is 71.6 Å². The van der Waals surface area contributed by atoms with Gasteiger partial charge in [0.1, 0.15) is 11.3 Å². The molecule has 0 aromatic heterocycles. The number of aromatic hydroxyl groups is 2. The summed E-state index contributed by atoms with van der Waals surface area (Å²) in [7, 11) is 0. The molecule has 5 nitrogen and oxygen atoms in total. The molecule has 0 saturated heterocycles. The van der Waals surface area contributed by atoms with Crippen molar-refractivity contribution >= 4 is 5.97 Å². The summed E-state index contributed by atoms with van der Waals surface area (Å²) in [5.41, 5.74) is 0.280. The van der Waals surface area contributed by atoms with Crippen molar-refractivity contribution in [1.29, 1.82) is 0 Å². The van der Waals surface area contributed by atoms with Gasteiger partial charge in [-0.2, -0.15) is 0 Å². The number of hydrogen-bond acceptors (Lipinski definition) is 4. The van der Waals surface area contributed by atoms with Crippen LogP contribution in [0, 0.1) is 0 Å². The Morgan fingerprint density at radius 1 is 1.00 bits per heavy atom. The van der Waals surface area contributed by atoms with E-state index in [2.05, 4.69) is 6.92 Å². The average molecular weight is 338 g/mol. The first-order chi connectivity index (χ1) is 11.5.